The number of piperidine rings is 1. The van der Waals surface area contributed by atoms with Gasteiger partial charge in [0.1, 0.15) is 6.04 Å². The molecule has 1 aliphatic carbocycles. The Morgan fingerprint density at radius 3 is 2.29 bits per heavy atom. The second kappa shape index (κ2) is 12.7. The summed E-state index contributed by atoms with van der Waals surface area (Å²) < 4.78 is 0. The molecule has 2 saturated heterocycles. The van der Waals surface area contributed by atoms with Crippen molar-refractivity contribution in [3.63, 3.8) is 0 Å². The lowest BCUT2D eigenvalue weighted by Gasteiger charge is -2.36. The van der Waals surface area contributed by atoms with Crippen molar-refractivity contribution in [1.82, 2.24) is 20.0 Å². The number of carbonyl (C=O) groups is 1. The molecule has 3 fully saturated rings. The van der Waals surface area contributed by atoms with E-state index in [1.807, 2.05) is 6.20 Å². The van der Waals surface area contributed by atoms with E-state index in [4.69, 9.17) is 0 Å². The Morgan fingerprint density at radius 1 is 0.952 bits per heavy atom. The van der Waals surface area contributed by atoms with E-state index in [9.17, 15) is 9.90 Å². The fourth-order valence-corrected chi connectivity index (χ4v) is 8.35. The van der Waals surface area contributed by atoms with Gasteiger partial charge in [-0.3, -0.25) is 14.8 Å². The van der Waals surface area contributed by atoms with Gasteiger partial charge in [-0.2, -0.15) is 5.10 Å². The number of hydrogen-bond donors (Lipinski definition) is 2. The van der Waals surface area contributed by atoms with Crippen LogP contribution in [0.1, 0.15) is 93.0 Å². The maximum absolute atomic E-state index is 12.6. The monoisotopic (exact) mass is 568 g/mol. The van der Waals surface area contributed by atoms with Gasteiger partial charge in [0.2, 0.25) is 0 Å². The van der Waals surface area contributed by atoms with Gasteiger partial charge in [-0.15, -0.1) is 0 Å². The van der Waals surface area contributed by atoms with Crippen molar-refractivity contribution in [2.75, 3.05) is 32.7 Å². The van der Waals surface area contributed by atoms with Crippen molar-refractivity contribution < 1.29 is 9.90 Å². The van der Waals surface area contributed by atoms with Crippen LogP contribution in [0.25, 0.3) is 0 Å². The molecule has 42 heavy (non-hydrogen) atoms. The van der Waals surface area contributed by atoms with Crippen LogP contribution in [0.15, 0.2) is 66.9 Å². The number of aromatic nitrogens is 2. The summed E-state index contributed by atoms with van der Waals surface area (Å²) in [5, 5.41) is 18.3. The van der Waals surface area contributed by atoms with Crippen LogP contribution < -0.4 is 0 Å². The molecule has 6 rings (SSSR count). The second-order valence-electron chi connectivity index (χ2n) is 13.7. The summed E-state index contributed by atoms with van der Waals surface area (Å²) in [5.74, 6) is 0.957. The van der Waals surface area contributed by atoms with Crippen molar-refractivity contribution >= 4 is 5.97 Å². The first-order chi connectivity index (χ1) is 20.4. The molecule has 2 N–H and O–H groups in total. The van der Waals surface area contributed by atoms with Crippen LogP contribution in [0, 0.1) is 11.8 Å². The van der Waals surface area contributed by atoms with Crippen LogP contribution in [0.5, 0.6) is 0 Å². The van der Waals surface area contributed by atoms with Gasteiger partial charge in [0.15, 0.2) is 0 Å². The molecule has 3 heterocycles. The van der Waals surface area contributed by atoms with E-state index in [2.05, 4.69) is 94.5 Å². The van der Waals surface area contributed by atoms with Crippen LogP contribution in [0.3, 0.4) is 0 Å². The lowest BCUT2D eigenvalue weighted by atomic mass is 9.75. The second-order valence-corrected chi connectivity index (χ2v) is 13.7. The number of aliphatic carboxylic acids is 1. The Balaban J connectivity index is 1.14. The van der Waals surface area contributed by atoms with Gasteiger partial charge >= 0.3 is 5.97 Å². The number of benzene rings is 2. The maximum Gasteiger partial charge on any atom is 0.321 e. The molecule has 0 unspecified atom stereocenters. The Hall–Kier alpha value is -2.96. The molecular weight excluding hydrogens is 520 g/mol. The van der Waals surface area contributed by atoms with Crippen LogP contribution in [-0.4, -0.2) is 69.8 Å². The molecule has 0 spiro atoms. The van der Waals surface area contributed by atoms with Gasteiger partial charge in [-0.1, -0.05) is 93.8 Å². The summed E-state index contributed by atoms with van der Waals surface area (Å²) in [4.78, 5) is 17.6. The zero-order valence-electron chi connectivity index (χ0n) is 25.4. The highest BCUT2D eigenvalue weighted by Crippen LogP contribution is 2.41. The van der Waals surface area contributed by atoms with Crippen LogP contribution >= 0.6 is 0 Å². The first-order valence-corrected chi connectivity index (χ1v) is 16.2. The summed E-state index contributed by atoms with van der Waals surface area (Å²) in [7, 11) is 0. The summed E-state index contributed by atoms with van der Waals surface area (Å²) in [5.41, 5.74) is 5.18. The number of hydrogen-bond acceptors (Lipinski definition) is 4. The molecule has 3 aliphatic rings. The molecule has 0 radical (unpaired) electrons. The first kappa shape index (κ1) is 29.1. The number of H-pyrrole nitrogens is 1. The number of likely N-dealkylation sites (tertiary alicyclic amines) is 2. The number of rotatable bonds is 9. The zero-order chi connectivity index (χ0) is 29.1. The van der Waals surface area contributed by atoms with Crippen molar-refractivity contribution in [2.24, 2.45) is 11.8 Å². The van der Waals surface area contributed by atoms with E-state index in [1.54, 1.807) is 0 Å². The third kappa shape index (κ3) is 6.07. The van der Waals surface area contributed by atoms with Gasteiger partial charge in [0.05, 0.1) is 6.20 Å². The molecular formula is C36H48N4O2. The minimum atomic E-state index is -0.621. The molecule has 6 heteroatoms. The van der Waals surface area contributed by atoms with E-state index in [0.717, 1.165) is 58.4 Å². The van der Waals surface area contributed by atoms with Crippen molar-refractivity contribution in [3.8, 4) is 0 Å². The summed E-state index contributed by atoms with van der Waals surface area (Å²) in [6.07, 6.45) is 9.97. The van der Waals surface area contributed by atoms with E-state index in [1.165, 1.54) is 41.6 Å². The third-order valence-electron chi connectivity index (χ3n) is 10.8. The van der Waals surface area contributed by atoms with Crippen molar-refractivity contribution in [3.05, 3.63) is 89.2 Å². The van der Waals surface area contributed by atoms with Gasteiger partial charge < -0.3 is 10.0 Å². The van der Waals surface area contributed by atoms with E-state index in [-0.39, 0.29) is 17.4 Å². The standard InChI is InChI=1S/C36H48N4O2/c1-36(2,30-16-10-5-11-17-30)32-22-37-38-33(32)27-18-20-39(21-19-27)23-29-24-40(25-31(29)26-12-6-3-7-13-26)34(35(41)42)28-14-8-4-9-15-28/h3,5-7,10-13,16-17,22,27-29,31,34H,4,8-9,14-15,18-21,23-25H2,1-2H3,(H,37,38)(H,41,42)/t29-,31+,34+/m0/s1. The smallest absolute Gasteiger partial charge is 0.321 e. The molecule has 224 valence electrons. The Bertz CT molecular complexity index is 1290. The fraction of sp³-hybridized carbons (Fsp3) is 0.556. The lowest BCUT2D eigenvalue weighted by molar-refractivity contribution is -0.145. The summed E-state index contributed by atoms with van der Waals surface area (Å²) >= 11 is 0. The predicted octanol–water partition coefficient (Wildman–Crippen LogP) is 6.66. The molecule has 2 aliphatic heterocycles. The SMILES string of the molecule is CC(C)(c1ccccc1)c1cn[nH]c1C1CCN(C[C@H]2CN([C@@H](C(=O)O)C3CCCCC3)C[C@@H]2c2ccccc2)CC1. The Kier molecular flexibility index (Phi) is 8.83. The number of nitrogens with one attached hydrogen (secondary N) is 1. The average Bonchev–Trinajstić information content (AvgIpc) is 3.68. The van der Waals surface area contributed by atoms with Crippen LogP contribution in [0.4, 0.5) is 0 Å². The number of nitrogens with zero attached hydrogens (tertiary/aromatic N) is 3. The molecule has 1 saturated carbocycles. The van der Waals surface area contributed by atoms with E-state index >= 15 is 0 Å². The average molecular weight is 569 g/mol. The van der Waals surface area contributed by atoms with Gasteiger partial charge in [0, 0.05) is 48.1 Å². The van der Waals surface area contributed by atoms with E-state index < -0.39 is 5.97 Å². The fourth-order valence-electron chi connectivity index (χ4n) is 8.35. The summed E-state index contributed by atoms with van der Waals surface area (Å²) in [6, 6.07) is 21.3. The van der Waals surface area contributed by atoms with Crippen molar-refractivity contribution in [1.29, 1.82) is 0 Å². The van der Waals surface area contributed by atoms with E-state index in [0.29, 0.717) is 17.8 Å². The predicted molar refractivity (Wildman–Crippen MR) is 168 cm³/mol. The molecule has 0 amide bonds. The number of carboxylic acids is 1. The third-order valence-corrected chi connectivity index (χ3v) is 10.8. The molecule has 0 bridgehead atoms. The Labute approximate surface area is 251 Å². The minimum absolute atomic E-state index is 0.101. The van der Waals surface area contributed by atoms with Crippen molar-refractivity contribution in [2.45, 2.75) is 82.1 Å². The highest BCUT2D eigenvalue weighted by molar-refractivity contribution is 5.74. The molecule has 3 aromatic rings. The van der Waals surface area contributed by atoms with Gasteiger partial charge in [-0.25, -0.2) is 0 Å². The molecule has 6 nitrogen and oxygen atoms in total. The topological polar surface area (TPSA) is 72.5 Å². The quantitative estimate of drug-likeness (QED) is 0.302. The van der Waals surface area contributed by atoms with Crippen LogP contribution in [0.2, 0.25) is 0 Å². The highest BCUT2D eigenvalue weighted by atomic mass is 16.4. The zero-order valence-corrected chi connectivity index (χ0v) is 25.4. The lowest BCUT2D eigenvalue weighted by Crippen LogP contribution is -2.46. The Morgan fingerprint density at radius 2 is 1.62 bits per heavy atom. The van der Waals surface area contributed by atoms with Gasteiger partial charge in [0.25, 0.3) is 0 Å². The van der Waals surface area contributed by atoms with Crippen LogP contribution in [-0.2, 0) is 10.2 Å². The normalized spacial score (nSPS) is 24.1. The van der Waals surface area contributed by atoms with Gasteiger partial charge in [-0.05, 0) is 61.7 Å². The summed E-state index contributed by atoms with van der Waals surface area (Å²) in [6.45, 7) is 9.51. The molecule has 1 aromatic heterocycles. The highest BCUT2D eigenvalue weighted by Gasteiger charge is 2.43. The number of aromatic amines is 1. The number of carboxylic acid groups (broad SMARTS) is 1. The largest absolute Gasteiger partial charge is 0.480 e. The first-order valence-electron chi connectivity index (χ1n) is 16.2. The molecule has 2 aromatic carbocycles. The molecule has 3 atom stereocenters. The minimum Gasteiger partial charge on any atom is -0.480 e. The maximum atomic E-state index is 12.6.